The minimum atomic E-state index is -0.350. The van der Waals surface area contributed by atoms with Gasteiger partial charge in [-0.05, 0) is 29.3 Å². The molecule has 0 bridgehead atoms. The van der Waals surface area contributed by atoms with Crippen LogP contribution in [-0.2, 0) is 0 Å². The lowest BCUT2D eigenvalue weighted by molar-refractivity contribution is 0.102. The first-order chi connectivity index (χ1) is 13.5. The fourth-order valence-electron chi connectivity index (χ4n) is 2.84. The molecule has 0 aromatic heterocycles. The summed E-state index contributed by atoms with van der Waals surface area (Å²) < 4.78 is 13.2. The summed E-state index contributed by atoms with van der Waals surface area (Å²) in [6.07, 6.45) is 1.79. The van der Waals surface area contributed by atoms with Crippen LogP contribution in [0.4, 0.5) is 4.39 Å². The molecule has 0 spiro atoms. The largest absolute Gasteiger partial charge is 0.289 e. The highest BCUT2D eigenvalue weighted by Gasteiger charge is 2.17. The second kappa shape index (κ2) is 8.87. The van der Waals surface area contributed by atoms with Gasteiger partial charge in [0.05, 0.1) is 0 Å². The van der Waals surface area contributed by atoms with E-state index in [1.165, 1.54) is 12.1 Å². The van der Waals surface area contributed by atoms with Crippen molar-refractivity contribution in [1.29, 1.82) is 0 Å². The van der Waals surface area contributed by atoms with E-state index >= 15 is 0 Å². The highest BCUT2D eigenvalue weighted by molar-refractivity contribution is 6.14. The molecule has 138 valence electrons. The maximum atomic E-state index is 13.2. The Morgan fingerprint density at radius 3 is 1.79 bits per heavy atom. The number of rotatable bonds is 7. The number of halogens is 1. The molecule has 3 aromatic rings. The fourth-order valence-corrected chi connectivity index (χ4v) is 2.84. The van der Waals surface area contributed by atoms with Crippen LogP contribution in [0.25, 0.3) is 6.08 Å². The van der Waals surface area contributed by atoms with E-state index in [-0.39, 0.29) is 23.8 Å². The van der Waals surface area contributed by atoms with Gasteiger partial charge in [-0.25, -0.2) is 4.39 Å². The highest BCUT2D eigenvalue weighted by Crippen LogP contribution is 2.22. The van der Waals surface area contributed by atoms with Gasteiger partial charge in [-0.3, -0.25) is 9.59 Å². The normalized spacial score (nSPS) is 11.1. The SMILES string of the molecule is C=C(C/C(=C\c1ccc(F)cc1)C(=O)c1ccccc1)C(=O)c1ccccc1. The molecule has 0 N–H and O–H groups in total. The Kier molecular flexibility index (Phi) is 6.07. The van der Waals surface area contributed by atoms with E-state index in [1.807, 2.05) is 12.1 Å². The first-order valence-electron chi connectivity index (χ1n) is 8.88. The third-order valence-corrected chi connectivity index (χ3v) is 4.30. The van der Waals surface area contributed by atoms with Gasteiger partial charge in [0.1, 0.15) is 5.82 Å². The summed E-state index contributed by atoms with van der Waals surface area (Å²) in [5.41, 5.74) is 2.48. The van der Waals surface area contributed by atoms with Gasteiger partial charge in [-0.2, -0.15) is 0 Å². The Labute approximate surface area is 163 Å². The predicted octanol–water partition coefficient (Wildman–Crippen LogP) is 5.92. The van der Waals surface area contributed by atoms with Crippen LogP contribution in [0.15, 0.2) is 103 Å². The van der Waals surface area contributed by atoms with Gasteiger partial charge in [0.2, 0.25) is 0 Å². The van der Waals surface area contributed by atoms with Crippen molar-refractivity contribution < 1.29 is 14.0 Å². The van der Waals surface area contributed by atoms with Gasteiger partial charge in [0, 0.05) is 23.1 Å². The zero-order valence-electron chi connectivity index (χ0n) is 15.3. The Morgan fingerprint density at radius 2 is 1.25 bits per heavy atom. The first kappa shape index (κ1) is 19.2. The molecule has 0 fully saturated rings. The molecule has 28 heavy (non-hydrogen) atoms. The minimum absolute atomic E-state index is 0.110. The van der Waals surface area contributed by atoms with Gasteiger partial charge in [0.15, 0.2) is 11.6 Å². The maximum Gasteiger partial charge on any atom is 0.189 e. The lowest BCUT2D eigenvalue weighted by Gasteiger charge is -2.10. The number of carbonyl (C=O) groups is 2. The van der Waals surface area contributed by atoms with Crippen LogP contribution in [-0.4, -0.2) is 11.6 Å². The zero-order chi connectivity index (χ0) is 19.9. The summed E-state index contributed by atoms with van der Waals surface area (Å²) in [6, 6.07) is 23.5. The number of Topliss-reactive ketones (excluding diaryl/α,β-unsaturated/α-hetero) is 2. The van der Waals surface area contributed by atoms with Crippen LogP contribution in [0, 0.1) is 5.82 Å². The summed E-state index contributed by atoms with van der Waals surface area (Å²) >= 11 is 0. The number of ketones is 2. The molecule has 0 saturated heterocycles. The molecule has 0 radical (unpaired) electrons. The van der Waals surface area contributed by atoms with Crippen molar-refractivity contribution in [2.45, 2.75) is 6.42 Å². The standard InChI is InChI=1S/C25H19FO2/c1-18(24(27)20-8-4-2-5-9-20)16-22(17-19-12-14-23(26)15-13-19)25(28)21-10-6-3-7-11-21/h2-15,17H,1,16H2/b22-17+. The molecular weight excluding hydrogens is 351 g/mol. The third kappa shape index (κ3) is 4.77. The first-order valence-corrected chi connectivity index (χ1v) is 8.88. The zero-order valence-corrected chi connectivity index (χ0v) is 15.3. The average molecular weight is 370 g/mol. The molecule has 3 aromatic carbocycles. The smallest absolute Gasteiger partial charge is 0.189 e. The Morgan fingerprint density at radius 1 is 0.750 bits per heavy atom. The fraction of sp³-hybridized carbons (Fsp3) is 0.0400. The second-order valence-electron chi connectivity index (χ2n) is 6.39. The van der Waals surface area contributed by atoms with E-state index in [0.717, 1.165) is 0 Å². The number of hydrogen-bond acceptors (Lipinski definition) is 2. The van der Waals surface area contributed by atoms with Crippen molar-refractivity contribution in [2.75, 3.05) is 0 Å². The molecule has 0 amide bonds. The number of benzene rings is 3. The van der Waals surface area contributed by atoms with Crippen molar-refractivity contribution >= 4 is 17.6 Å². The average Bonchev–Trinajstić information content (AvgIpc) is 2.75. The van der Waals surface area contributed by atoms with Crippen LogP contribution in [0.3, 0.4) is 0 Å². The third-order valence-electron chi connectivity index (χ3n) is 4.30. The van der Waals surface area contributed by atoms with Gasteiger partial charge >= 0.3 is 0 Å². The van der Waals surface area contributed by atoms with Gasteiger partial charge in [0.25, 0.3) is 0 Å². The van der Waals surface area contributed by atoms with Crippen molar-refractivity contribution in [3.63, 3.8) is 0 Å². The molecule has 0 aliphatic carbocycles. The molecular formula is C25H19FO2. The quantitative estimate of drug-likeness (QED) is 0.382. The molecule has 3 heteroatoms. The highest BCUT2D eigenvalue weighted by atomic mass is 19.1. The summed E-state index contributed by atoms with van der Waals surface area (Å²) in [5.74, 6) is -0.741. The Balaban J connectivity index is 1.92. The monoisotopic (exact) mass is 370 g/mol. The van der Waals surface area contributed by atoms with Crippen LogP contribution in [0.5, 0.6) is 0 Å². The van der Waals surface area contributed by atoms with Crippen LogP contribution in [0.2, 0.25) is 0 Å². The van der Waals surface area contributed by atoms with E-state index in [4.69, 9.17) is 0 Å². The topological polar surface area (TPSA) is 34.1 Å². The van der Waals surface area contributed by atoms with Crippen LogP contribution >= 0.6 is 0 Å². The Hall–Kier alpha value is -3.59. The lowest BCUT2D eigenvalue weighted by atomic mass is 9.92. The number of allylic oxidation sites excluding steroid dienone is 2. The molecule has 0 aliphatic rings. The van der Waals surface area contributed by atoms with Gasteiger partial charge < -0.3 is 0 Å². The van der Waals surface area contributed by atoms with Crippen molar-refractivity contribution in [3.05, 3.63) is 125 Å². The van der Waals surface area contributed by atoms with E-state index in [0.29, 0.717) is 27.8 Å². The van der Waals surface area contributed by atoms with Gasteiger partial charge in [-0.1, -0.05) is 79.4 Å². The molecule has 3 rings (SSSR count). The van der Waals surface area contributed by atoms with E-state index < -0.39 is 0 Å². The van der Waals surface area contributed by atoms with E-state index in [9.17, 15) is 14.0 Å². The van der Waals surface area contributed by atoms with Crippen LogP contribution < -0.4 is 0 Å². The molecule has 0 atom stereocenters. The molecule has 0 saturated carbocycles. The summed E-state index contributed by atoms with van der Waals surface area (Å²) in [5, 5.41) is 0. The lowest BCUT2D eigenvalue weighted by Crippen LogP contribution is -2.09. The number of hydrogen-bond donors (Lipinski definition) is 0. The Bertz CT molecular complexity index is 1020. The van der Waals surface area contributed by atoms with E-state index in [2.05, 4.69) is 6.58 Å². The molecule has 0 unspecified atom stereocenters. The van der Waals surface area contributed by atoms with E-state index in [1.54, 1.807) is 66.7 Å². The minimum Gasteiger partial charge on any atom is -0.289 e. The summed E-state index contributed by atoms with van der Waals surface area (Å²) in [6.45, 7) is 3.90. The number of carbonyl (C=O) groups excluding carboxylic acids is 2. The summed E-state index contributed by atoms with van der Waals surface area (Å²) in [4.78, 5) is 25.7. The predicted molar refractivity (Wildman–Crippen MR) is 110 cm³/mol. The second-order valence-corrected chi connectivity index (χ2v) is 6.39. The molecule has 0 aliphatic heterocycles. The molecule has 0 heterocycles. The van der Waals surface area contributed by atoms with Crippen LogP contribution in [0.1, 0.15) is 32.7 Å². The summed E-state index contributed by atoms with van der Waals surface area (Å²) in [7, 11) is 0. The molecule has 2 nitrogen and oxygen atoms in total. The van der Waals surface area contributed by atoms with Crippen molar-refractivity contribution in [3.8, 4) is 0 Å². The van der Waals surface area contributed by atoms with Gasteiger partial charge in [-0.15, -0.1) is 0 Å². The van der Waals surface area contributed by atoms with Crippen molar-refractivity contribution in [2.24, 2.45) is 0 Å². The maximum absolute atomic E-state index is 13.2. The van der Waals surface area contributed by atoms with Crippen molar-refractivity contribution in [1.82, 2.24) is 0 Å².